The average molecular weight is 391 g/mol. The first kappa shape index (κ1) is 19.7. The number of hydrogen-bond acceptors (Lipinski definition) is 4. The normalized spacial score (nSPS) is 10.3. The van der Waals surface area contributed by atoms with Gasteiger partial charge in [-0.3, -0.25) is 9.59 Å². The van der Waals surface area contributed by atoms with Crippen LogP contribution in [0.25, 0.3) is 0 Å². The van der Waals surface area contributed by atoms with E-state index in [1.807, 2.05) is 84.9 Å². The molecule has 0 aromatic heterocycles. The third-order valence-electron chi connectivity index (χ3n) is 3.96. The summed E-state index contributed by atoms with van der Waals surface area (Å²) in [5.74, 6) is -0.736. The van der Waals surface area contributed by atoms with Crippen LogP contribution in [-0.2, 0) is 20.7 Å². The maximum Gasteiger partial charge on any atom is 0.306 e. The van der Waals surface area contributed by atoms with E-state index in [0.717, 1.165) is 15.4 Å². The van der Waals surface area contributed by atoms with Crippen LogP contribution in [0.3, 0.4) is 0 Å². The molecule has 0 aliphatic rings. The van der Waals surface area contributed by atoms with Crippen LogP contribution < -0.4 is 5.32 Å². The van der Waals surface area contributed by atoms with Crippen molar-refractivity contribution in [2.75, 3.05) is 11.9 Å². The van der Waals surface area contributed by atoms with Crippen LogP contribution in [0.5, 0.6) is 0 Å². The molecule has 0 heterocycles. The molecule has 0 saturated heterocycles. The van der Waals surface area contributed by atoms with Crippen LogP contribution in [0.1, 0.15) is 12.0 Å². The lowest BCUT2D eigenvalue weighted by Crippen LogP contribution is -2.21. The van der Waals surface area contributed by atoms with Crippen LogP contribution in [0.2, 0.25) is 0 Å². The predicted molar refractivity (Wildman–Crippen MR) is 111 cm³/mol. The van der Waals surface area contributed by atoms with Gasteiger partial charge in [-0.05, 0) is 36.2 Å². The van der Waals surface area contributed by atoms with E-state index in [1.165, 1.54) is 0 Å². The summed E-state index contributed by atoms with van der Waals surface area (Å²) in [6, 6.07) is 27.2. The standard InChI is InChI=1S/C23H21NO3S/c25-22(17-27-23(26)16-15-18-9-3-1-4-10-18)24-20-13-7-8-14-21(20)28-19-11-5-2-6-12-19/h1-14H,15-17H2,(H,24,25). The molecule has 1 amide bonds. The number of rotatable bonds is 8. The molecule has 0 bridgehead atoms. The van der Waals surface area contributed by atoms with E-state index in [0.29, 0.717) is 12.1 Å². The molecule has 142 valence electrons. The number of ether oxygens (including phenoxy) is 1. The van der Waals surface area contributed by atoms with E-state index in [9.17, 15) is 9.59 Å². The number of esters is 1. The zero-order valence-electron chi connectivity index (χ0n) is 15.3. The van der Waals surface area contributed by atoms with Crippen LogP contribution in [-0.4, -0.2) is 18.5 Å². The Morgan fingerprint density at radius 2 is 1.46 bits per heavy atom. The minimum Gasteiger partial charge on any atom is -0.456 e. The molecule has 0 radical (unpaired) electrons. The Bertz CT molecular complexity index is 913. The first-order valence-corrected chi connectivity index (χ1v) is 9.84. The molecular weight excluding hydrogens is 370 g/mol. The van der Waals surface area contributed by atoms with Crippen molar-refractivity contribution >= 4 is 29.3 Å². The van der Waals surface area contributed by atoms with Crippen LogP contribution in [0.4, 0.5) is 5.69 Å². The summed E-state index contributed by atoms with van der Waals surface area (Å²) in [4.78, 5) is 26.1. The first-order chi connectivity index (χ1) is 13.7. The third-order valence-corrected chi connectivity index (χ3v) is 5.04. The Morgan fingerprint density at radius 1 is 0.821 bits per heavy atom. The van der Waals surface area contributed by atoms with Gasteiger partial charge in [0.15, 0.2) is 6.61 Å². The van der Waals surface area contributed by atoms with Gasteiger partial charge in [-0.15, -0.1) is 0 Å². The molecule has 0 saturated carbocycles. The van der Waals surface area contributed by atoms with E-state index in [2.05, 4.69) is 5.32 Å². The molecule has 3 aromatic rings. The van der Waals surface area contributed by atoms with Crippen molar-refractivity contribution in [3.63, 3.8) is 0 Å². The molecule has 0 fully saturated rings. The lowest BCUT2D eigenvalue weighted by molar-refractivity contribution is -0.147. The maximum atomic E-state index is 12.2. The highest BCUT2D eigenvalue weighted by atomic mass is 32.2. The van der Waals surface area contributed by atoms with E-state index in [-0.39, 0.29) is 24.9 Å². The molecular formula is C23H21NO3S. The van der Waals surface area contributed by atoms with Gasteiger partial charge in [0.1, 0.15) is 0 Å². The second-order valence-corrected chi connectivity index (χ2v) is 7.22. The van der Waals surface area contributed by atoms with Crippen LogP contribution in [0, 0.1) is 0 Å². The van der Waals surface area contributed by atoms with Crippen LogP contribution >= 0.6 is 11.8 Å². The van der Waals surface area contributed by atoms with Crippen molar-refractivity contribution in [1.82, 2.24) is 0 Å². The van der Waals surface area contributed by atoms with Crippen molar-refractivity contribution < 1.29 is 14.3 Å². The monoisotopic (exact) mass is 391 g/mol. The molecule has 3 aromatic carbocycles. The summed E-state index contributed by atoms with van der Waals surface area (Å²) < 4.78 is 5.10. The summed E-state index contributed by atoms with van der Waals surface area (Å²) in [6.07, 6.45) is 0.843. The summed E-state index contributed by atoms with van der Waals surface area (Å²) in [5.41, 5.74) is 1.76. The topological polar surface area (TPSA) is 55.4 Å². The summed E-state index contributed by atoms with van der Waals surface area (Å²) >= 11 is 1.56. The van der Waals surface area contributed by atoms with Crippen molar-refractivity contribution in [2.24, 2.45) is 0 Å². The molecule has 1 N–H and O–H groups in total. The van der Waals surface area contributed by atoms with Gasteiger partial charge in [0.2, 0.25) is 0 Å². The Hall–Kier alpha value is -3.05. The Kier molecular flexibility index (Phi) is 7.27. The van der Waals surface area contributed by atoms with E-state index >= 15 is 0 Å². The quantitative estimate of drug-likeness (QED) is 0.552. The smallest absolute Gasteiger partial charge is 0.306 e. The highest BCUT2D eigenvalue weighted by Crippen LogP contribution is 2.33. The fraction of sp³-hybridized carbons (Fsp3) is 0.130. The number of benzene rings is 3. The first-order valence-electron chi connectivity index (χ1n) is 9.02. The van der Waals surface area contributed by atoms with Crippen molar-refractivity contribution in [3.8, 4) is 0 Å². The van der Waals surface area contributed by atoms with Gasteiger partial charge in [0, 0.05) is 16.2 Å². The molecule has 4 nitrogen and oxygen atoms in total. The van der Waals surface area contributed by atoms with Crippen molar-refractivity contribution in [1.29, 1.82) is 0 Å². The Morgan fingerprint density at radius 3 is 2.21 bits per heavy atom. The van der Waals surface area contributed by atoms with Gasteiger partial charge in [0.05, 0.1) is 5.69 Å². The summed E-state index contributed by atoms with van der Waals surface area (Å²) in [5, 5.41) is 2.82. The molecule has 5 heteroatoms. The fourth-order valence-electron chi connectivity index (χ4n) is 2.57. The largest absolute Gasteiger partial charge is 0.456 e. The summed E-state index contributed by atoms with van der Waals surface area (Å²) in [7, 11) is 0. The van der Waals surface area contributed by atoms with E-state index in [1.54, 1.807) is 11.8 Å². The molecule has 0 aliphatic heterocycles. The van der Waals surface area contributed by atoms with Gasteiger partial charge < -0.3 is 10.1 Å². The molecule has 0 aliphatic carbocycles. The number of amides is 1. The maximum absolute atomic E-state index is 12.2. The SMILES string of the molecule is O=C(COC(=O)CCc1ccccc1)Nc1ccccc1Sc1ccccc1. The third kappa shape index (κ3) is 6.28. The minimum absolute atomic E-state index is 0.248. The molecule has 28 heavy (non-hydrogen) atoms. The van der Waals surface area contributed by atoms with Gasteiger partial charge >= 0.3 is 5.97 Å². The lowest BCUT2D eigenvalue weighted by Gasteiger charge is -2.11. The number of carbonyl (C=O) groups excluding carboxylic acids is 2. The number of anilines is 1. The number of aryl methyl sites for hydroxylation is 1. The Balaban J connectivity index is 1.49. The van der Waals surface area contributed by atoms with Gasteiger partial charge in [-0.1, -0.05) is 72.4 Å². The van der Waals surface area contributed by atoms with Gasteiger partial charge in [-0.2, -0.15) is 0 Å². The second kappa shape index (κ2) is 10.3. The highest BCUT2D eigenvalue weighted by Gasteiger charge is 2.11. The number of carbonyl (C=O) groups is 2. The molecule has 3 rings (SSSR count). The number of para-hydroxylation sites is 1. The lowest BCUT2D eigenvalue weighted by atomic mass is 10.1. The highest BCUT2D eigenvalue weighted by molar-refractivity contribution is 7.99. The Labute approximate surface area is 168 Å². The predicted octanol–water partition coefficient (Wildman–Crippen LogP) is 4.95. The van der Waals surface area contributed by atoms with Crippen LogP contribution in [0.15, 0.2) is 94.7 Å². The molecule has 0 atom stereocenters. The summed E-state index contributed by atoms with van der Waals surface area (Å²) in [6.45, 7) is -0.294. The average Bonchev–Trinajstić information content (AvgIpc) is 2.74. The van der Waals surface area contributed by atoms with E-state index in [4.69, 9.17) is 4.74 Å². The van der Waals surface area contributed by atoms with E-state index < -0.39 is 0 Å². The second-order valence-electron chi connectivity index (χ2n) is 6.11. The zero-order valence-corrected chi connectivity index (χ0v) is 16.2. The van der Waals surface area contributed by atoms with Gasteiger partial charge in [0.25, 0.3) is 5.91 Å². The number of hydrogen-bond donors (Lipinski definition) is 1. The number of nitrogens with one attached hydrogen (secondary N) is 1. The fourth-order valence-corrected chi connectivity index (χ4v) is 3.49. The molecule has 0 spiro atoms. The van der Waals surface area contributed by atoms with Gasteiger partial charge in [-0.25, -0.2) is 0 Å². The van der Waals surface area contributed by atoms with Crippen molar-refractivity contribution in [3.05, 3.63) is 90.5 Å². The minimum atomic E-state index is -0.383. The molecule has 0 unspecified atom stereocenters. The van der Waals surface area contributed by atoms with Crippen molar-refractivity contribution in [2.45, 2.75) is 22.6 Å². The zero-order chi connectivity index (χ0) is 19.6.